The van der Waals surface area contributed by atoms with Gasteiger partial charge in [-0.3, -0.25) is 33.6 Å². The summed E-state index contributed by atoms with van der Waals surface area (Å²) in [7, 11) is 2.79. The van der Waals surface area contributed by atoms with Crippen LogP contribution in [0.3, 0.4) is 0 Å². The highest BCUT2D eigenvalue weighted by molar-refractivity contribution is 5.99. The topological polar surface area (TPSA) is 423 Å². The molecule has 8 amide bonds. The van der Waals surface area contributed by atoms with Crippen LogP contribution >= 0.6 is 0 Å². The number of esters is 2. The Bertz CT molecular complexity index is 3710. The lowest BCUT2D eigenvalue weighted by atomic mass is 9.41. The number of ether oxygens (including phenoxy) is 7. The predicted molar refractivity (Wildman–Crippen MR) is 378 cm³/mol. The number of urea groups is 1. The third kappa shape index (κ3) is 19.6. The van der Waals surface area contributed by atoms with Gasteiger partial charge in [0.1, 0.15) is 61.9 Å². The molecule has 2 bridgehead atoms. The first-order valence-corrected chi connectivity index (χ1v) is 35.1. The third-order valence-electron chi connectivity index (χ3n) is 20.2. The molecular weight excluding hydrogens is 1360 g/mol. The van der Waals surface area contributed by atoms with Gasteiger partial charge in [0.15, 0.2) is 29.1 Å². The van der Waals surface area contributed by atoms with Crippen molar-refractivity contribution in [3.8, 4) is 0 Å². The molecule has 4 aliphatic rings. The summed E-state index contributed by atoms with van der Waals surface area (Å²) >= 11 is 0. The second-order valence-corrected chi connectivity index (χ2v) is 29.8. The summed E-state index contributed by atoms with van der Waals surface area (Å²) in [6, 6.07) is 17.9. The van der Waals surface area contributed by atoms with E-state index in [0.29, 0.717) is 11.3 Å². The number of anilines is 1. The van der Waals surface area contributed by atoms with Gasteiger partial charge in [-0.25, -0.2) is 24.0 Å². The lowest BCUT2D eigenvalue weighted by Gasteiger charge is -2.68. The van der Waals surface area contributed by atoms with Crippen LogP contribution in [0.1, 0.15) is 143 Å². The minimum absolute atomic E-state index is 0.0412. The quantitative estimate of drug-likeness (QED) is 0.0130. The Hall–Kier alpha value is -9.36. The number of primary amides is 1. The van der Waals surface area contributed by atoms with Crippen molar-refractivity contribution in [3.05, 3.63) is 113 Å². The van der Waals surface area contributed by atoms with Crippen LogP contribution in [0.15, 0.2) is 96.1 Å². The largest absolute Gasteiger partial charge is 0.456 e. The van der Waals surface area contributed by atoms with E-state index in [0.717, 1.165) is 11.8 Å². The molecule has 30 nitrogen and oxygen atoms in total. The molecule has 30 heteroatoms. The molecule has 3 aromatic rings. The number of benzene rings is 3. The number of likely N-dealkylation sites (N-methyl/N-ethyl adjacent to an activating group) is 2. The van der Waals surface area contributed by atoms with Gasteiger partial charge in [0.2, 0.25) is 17.7 Å². The minimum Gasteiger partial charge on any atom is -0.456 e. The van der Waals surface area contributed by atoms with Gasteiger partial charge in [-0.05, 0) is 87.8 Å². The van der Waals surface area contributed by atoms with Crippen LogP contribution in [0.2, 0.25) is 0 Å². The van der Waals surface area contributed by atoms with Crippen molar-refractivity contribution in [3.63, 3.8) is 0 Å². The third-order valence-corrected chi connectivity index (χ3v) is 20.2. The number of Topliss-reactive ketones (excluding diaryl/α,β-unsaturated/α-hetero) is 3. The SMILES string of the molecule is CC(=O)O[C@@]12CO[C@@H]1C[C@H](OC(=O)N(C)CCN(C)C(=O)OCc1ccc(NC(=O)[C@H](CCCNC(N)=O)NC(=O)[C@@H](NC(=O)COCC(=O)C(C)C)C(C)C)cc1)[C@@]1(C)C(=O)[C@H](O)C3=C(C)[C@@H](OC(=O)[C@H](O)[C@@H](NC(=O)OC(C)(C)C)c4ccccc4)C[C@@](O)([C@@H](CC(=O)c4ccccc4)[C@H]21)C3(C)C. The van der Waals surface area contributed by atoms with Gasteiger partial charge >= 0.3 is 36.2 Å². The summed E-state index contributed by atoms with van der Waals surface area (Å²) in [6.07, 6.45) is -12.5. The molecule has 3 fully saturated rings. The van der Waals surface area contributed by atoms with Crippen LogP contribution in [0.5, 0.6) is 0 Å². The van der Waals surface area contributed by atoms with E-state index in [-0.39, 0.29) is 92.7 Å². The Balaban J connectivity index is 1.08. The summed E-state index contributed by atoms with van der Waals surface area (Å²) in [5.74, 6) is -9.56. The predicted octanol–water partition coefficient (Wildman–Crippen LogP) is 5.52. The summed E-state index contributed by atoms with van der Waals surface area (Å²) in [6.45, 7) is 17.3. The van der Waals surface area contributed by atoms with Crippen molar-refractivity contribution >= 4 is 77.0 Å². The van der Waals surface area contributed by atoms with Crippen LogP contribution in [0, 0.1) is 34.5 Å². The first-order chi connectivity index (χ1) is 49.2. The molecule has 574 valence electrons. The number of aliphatic hydroxyl groups is 3. The zero-order valence-electron chi connectivity index (χ0n) is 62.1. The smallest absolute Gasteiger partial charge is 0.409 e. The number of nitrogens with zero attached hydrogens (tertiary/aromatic N) is 2. The van der Waals surface area contributed by atoms with E-state index < -0.39 is 179 Å². The molecule has 3 aliphatic carbocycles. The number of fused-ring (bicyclic) bond motifs is 5. The van der Waals surface area contributed by atoms with Gasteiger partial charge in [0, 0.05) is 94.3 Å². The van der Waals surface area contributed by atoms with E-state index in [1.807, 2.05) is 0 Å². The van der Waals surface area contributed by atoms with E-state index >= 15 is 4.79 Å². The minimum atomic E-state index is -2.34. The molecular formula is C75H102N8O22. The summed E-state index contributed by atoms with van der Waals surface area (Å²) < 4.78 is 41.3. The van der Waals surface area contributed by atoms with E-state index in [2.05, 4.69) is 26.6 Å². The van der Waals surface area contributed by atoms with Crippen molar-refractivity contribution in [1.82, 2.24) is 31.1 Å². The Morgan fingerprint density at radius 2 is 1.42 bits per heavy atom. The first kappa shape index (κ1) is 82.9. The molecule has 0 aromatic heterocycles. The summed E-state index contributed by atoms with van der Waals surface area (Å²) in [5.41, 5.74) is -2.49. The second kappa shape index (κ2) is 34.7. The zero-order valence-corrected chi connectivity index (χ0v) is 62.1. The number of alkyl carbamates (subject to hydrolysis) is 1. The first-order valence-electron chi connectivity index (χ1n) is 35.1. The van der Waals surface area contributed by atoms with Gasteiger partial charge in [0.05, 0.1) is 23.7 Å². The number of nitrogens with one attached hydrogen (secondary N) is 5. The van der Waals surface area contributed by atoms with Crippen molar-refractivity contribution in [2.75, 3.05) is 58.9 Å². The molecule has 10 N–H and O–H groups in total. The Kier molecular flexibility index (Phi) is 27.4. The van der Waals surface area contributed by atoms with Gasteiger partial charge in [0.25, 0.3) is 0 Å². The van der Waals surface area contributed by atoms with Crippen LogP contribution in [-0.2, 0) is 73.3 Å². The van der Waals surface area contributed by atoms with E-state index in [4.69, 9.17) is 38.9 Å². The van der Waals surface area contributed by atoms with Gasteiger partial charge < -0.3 is 90.6 Å². The van der Waals surface area contributed by atoms with Gasteiger partial charge in [-0.15, -0.1) is 0 Å². The lowest BCUT2D eigenvalue weighted by molar-refractivity contribution is -0.339. The molecule has 2 saturated carbocycles. The van der Waals surface area contributed by atoms with Crippen LogP contribution in [0.25, 0.3) is 0 Å². The monoisotopic (exact) mass is 1470 g/mol. The zero-order chi connectivity index (χ0) is 77.8. The number of hydrogen-bond donors (Lipinski definition) is 9. The fourth-order valence-electron chi connectivity index (χ4n) is 14.4. The highest BCUT2D eigenvalue weighted by atomic mass is 16.6. The standard InChI is InChI=1S/C75H102N8O22/c1-41(2)52(86)38-99-39-56(87)80-58(42(3)4)65(92)79-50(26-21-31-77-67(76)94)64(91)78-48-29-27-45(28-30-48)37-100-69(96)82(13)32-33-83(14)70(97)103-54-35-55-74(40-101-55,104-44(6)84)62-49(34-51(85)46-22-17-15-18-23-46)75(98)36-53(43(5)57(72(75,10)11)60(88)63(90)73(54,62)12)102-66(93)61(89)59(47-24-19-16-20-25-47)81-68(95)105-71(7,8)9/h15-20,22-25,27-30,41-42,49-50,53-55,58-62,88-89,98H,21,26,31-40H2,1-14H3,(H,78,91)(H,79,92)(H,80,87)(H,81,95)(H3,76,77,94)/t49-,50-,53-,54-,55+,58-,59-,60+,61+,62-,73+,74-,75+/m0/s1. The van der Waals surface area contributed by atoms with Gasteiger partial charge in [-0.1, -0.05) is 114 Å². The molecule has 0 spiro atoms. The molecule has 13 atom stereocenters. The fourth-order valence-corrected chi connectivity index (χ4v) is 14.4. The molecule has 0 unspecified atom stereocenters. The molecule has 1 heterocycles. The number of aliphatic hydroxyl groups excluding tert-OH is 2. The van der Waals surface area contributed by atoms with Gasteiger partial charge in [-0.2, -0.15) is 0 Å². The molecule has 105 heavy (non-hydrogen) atoms. The Labute approximate surface area is 610 Å². The Morgan fingerprint density at radius 3 is 1.99 bits per heavy atom. The highest BCUT2D eigenvalue weighted by Crippen LogP contribution is 2.67. The molecule has 1 aliphatic heterocycles. The van der Waals surface area contributed by atoms with Crippen molar-refractivity contribution in [2.24, 2.45) is 40.2 Å². The second-order valence-electron chi connectivity index (χ2n) is 29.8. The highest BCUT2D eigenvalue weighted by Gasteiger charge is 2.77. The fraction of sp³-hybridized carbons (Fsp3) is 0.573. The van der Waals surface area contributed by atoms with Crippen LogP contribution in [0.4, 0.5) is 24.9 Å². The molecule has 0 radical (unpaired) electrons. The number of ketones is 3. The average molecular weight is 1470 g/mol. The molecule has 1 saturated heterocycles. The van der Waals surface area contributed by atoms with Crippen molar-refractivity contribution in [1.29, 1.82) is 0 Å². The number of hydrogen-bond acceptors (Lipinski definition) is 22. The van der Waals surface area contributed by atoms with Crippen molar-refractivity contribution < 1.29 is 106 Å². The number of rotatable bonds is 30. The van der Waals surface area contributed by atoms with Crippen LogP contribution < -0.4 is 32.3 Å². The summed E-state index contributed by atoms with van der Waals surface area (Å²) in [4.78, 5) is 166. The summed E-state index contributed by atoms with van der Waals surface area (Å²) in [5, 5.41) is 52.1. The maximum absolute atomic E-state index is 16.1. The number of carbonyl (C=O) groups excluding carboxylic acids is 12. The van der Waals surface area contributed by atoms with E-state index in [1.165, 1.54) is 45.0 Å². The van der Waals surface area contributed by atoms with Crippen molar-refractivity contribution in [2.45, 2.75) is 187 Å². The maximum atomic E-state index is 16.1. The molecule has 3 aromatic carbocycles. The lowest BCUT2D eigenvalue weighted by Crippen LogP contribution is -2.80. The van der Waals surface area contributed by atoms with E-state index in [9.17, 15) is 68.1 Å². The Morgan fingerprint density at radius 1 is 0.800 bits per heavy atom. The number of nitrogens with two attached hydrogens (primary N) is 1. The normalized spacial score (nSPS) is 24.2. The van der Waals surface area contributed by atoms with E-state index in [1.54, 1.807) is 135 Å². The number of carbonyl (C=O) groups is 12. The number of amides is 8. The van der Waals surface area contributed by atoms with Crippen LogP contribution in [-0.4, -0.2) is 209 Å². The molecule has 7 rings (SSSR count). The average Bonchev–Trinajstić information content (AvgIpc) is 0.668. The maximum Gasteiger partial charge on any atom is 0.409 e.